The summed E-state index contributed by atoms with van der Waals surface area (Å²) in [5.41, 5.74) is 2.80. The minimum Gasteiger partial charge on any atom is -0.351 e. The summed E-state index contributed by atoms with van der Waals surface area (Å²) in [4.78, 5) is 28.0. The van der Waals surface area contributed by atoms with Crippen LogP contribution in [0.1, 0.15) is 26.9 Å². The molecule has 1 heterocycles. The molecule has 4 nitrogen and oxygen atoms in total. The summed E-state index contributed by atoms with van der Waals surface area (Å²) in [6, 6.07) is 27.8. The second-order valence-electron chi connectivity index (χ2n) is 7.21. The first-order valence-corrected chi connectivity index (χ1v) is 12.2. The second-order valence-corrected chi connectivity index (χ2v) is 9.45. The molecule has 1 aliphatic rings. The van der Waals surface area contributed by atoms with E-state index in [1.165, 1.54) is 4.90 Å². The van der Waals surface area contributed by atoms with E-state index in [2.05, 4.69) is 17.4 Å². The van der Waals surface area contributed by atoms with Crippen LogP contribution in [0.15, 0.2) is 89.8 Å². The van der Waals surface area contributed by atoms with E-state index in [0.717, 1.165) is 16.9 Å². The van der Waals surface area contributed by atoms with E-state index in [9.17, 15) is 9.59 Å². The zero-order chi connectivity index (χ0) is 21.5. The third kappa shape index (κ3) is 5.71. The Hall–Kier alpha value is -2.70. The number of rotatable bonds is 8. The molecule has 31 heavy (non-hydrogen) atoms. The van der Waals surface area contributed by atoms with Gasteiger partial charge in [-0.05, 0) is 35.4 Å². The molecule has 158 valence electrons. The van der Waals surface area contributed by atoms with E-state index in [1.807, 2.05) is 77.7 Å². The molecule has 1 fully saturated rings. The predicted octanol–water partition coefficient (Wildman–Crippen LogP) is 4.98. The first-order chi connectivity index (χ1) is 15.2. The van der Waals surface area contributed by atoms with Crippen LogP contribution in [-0.2, 0) is 11.3 Å². The lowest BCUT2D eigenvalue weighted by Crippen LogP contribution is -2.28. The van der Waals surface area contributed by atoms with Gasteiger partial charge in [0.1, 0.15) is 5.37 Å². The van der Waals surface area contributed by atoms with E-state index in [1.54, 1.807) is 23.5 Å². The monoisotopic (exact) mass is 448 g/mol. The van der Waals surface area contributed by atoms with Crippen LogP contribution >= 0.6 is 23.5 Å². The first kappa shape index (κ1) is 21.5. The molecule has 3 aromatic carbocycles. The van der Waals surface area contributed by atoms with Crippen molar-refractivity contribution in [2.75, 3.05) is 18.1 Å². The average molecular weight is 449 g/mol. The number of thioether (sulfide) groups is 2. The standard InChI is InChI=1S/C25H24N2O2S2/c28-23-18-31-25(27(23)17-19-7-3-1-4-8-19)21-13-11-20(12-14-21)24(29)26-15-16-30-22-9-5-2-6-10-22/h1-14,25H,15-18H2,(H,26,29)/t25-/m0/s1. The number of carbonyl (C=O) groups excluding carboxylic acids is 2. The Morgan fingerprint density at radius 2 is 1.65 bits per heavy atom. The third-order valence-corrected chi connectivity index (χ3v) is 7.29. The van der Waals surface area contributed by atoms with Crippen LogP contribution in [0.5, 0.6) is 0 Å². The van der Waals surface area contributed by atoms with Gasteiger partial charge in [-0.2, -0.15) is 0 Å². The molecule has 0 saturated carbocycles. The number of carbonyl (C=O) groups is 2. The molecule has 0 bridgehead atoms. The summed E-state index contributed by atoms with van der Waals surface area (Å²) in [5, 5.41) is 2.96. The number of hydrogen-bond donors (Lipinski definition) is 1. The Balaban J connectivity index is 1.32. The lowest BCUT2D eigenvalue weighted by molar-refractivity contribution is -0.128. The molecule has 0 radical (unpaired) electrons. The molecule has 0 aliphatic carbocycles. The Kier molecular flexibility index (Phi) is 7.33. The molecule has 0 aromatic heterocycles. The maximum absolute atomic E-state index is 12.5. The number of nitrogens with one attached hydrogen (secondary N) is 1. The smallest absolute Gasteiger partial charge is 0.251 e. The fourth-order valence-corrected chi connectivity index (χ4v) is 5.41. The van der Waals surface area contributed by atoms with Gasteiger partial charge in [-0.15, -0.1) is 23.5 Å². The van der Waals surface area contributed by atoms with Gasteiger partial charge in [-0.3, -0.25) is 9.59 Å². The fraction of sp³-hybridized carbons (Fsp3) is 0.200. The molecule has 6 heteroatoms. The van der Waals surface area contributed by atoms with E-state index in [4.69, 9.17) is 0 Å². The maximum Gasteiger partial charge on any atom is 0.251 e. The van der Waals surface area contributed by atoms with Gasteiger partial charge in [0.25, 0.3) is 5.91 Å². The Bertz CT molecular complexity index is 1010. The fourth-order valence-electron chi connectivity index (χ4n) is 3.43. The van der Waals surface area contributed by atoms with Crippen LogP contribution in [0.3, 0.4) is 0 Å². The largest absolute Gasteiger partial charge is 0.351 e. The van der Waals surface area contributed by atoms with Crippen LogP contribution in [0.25, 0.3) is 0 Å². The minimum atomic E-state index is -0.0727. The number of amides is 2. The summed E-state index contributed by atoms with van der Waals surface area (Å²) < 4.78 is 0. The number of hydrogen-bond acceptors (Lipinski definition) is 4. The highest BCUT2D eigenvalue weighted by Gasteiger charge is 2.32. The summed E-state index contributed by atoms with van der Waals surface area (Å²) in [6.45, 7) is 1.20. The molecule has 0 unspecified atom stereocenters. The maximum atomic E-state index is 12.5. The summed E-state index contributed by atoms with van der Waals surface area (Å²) >= 11 is 3.36. The molecule has 3 aromatic rings. The Labute approximate surface area is 191 Å². The van der Waals surface area contributed by atoms with Gasteiger partial charge in [-0.1, -0.05) is 60.7 Å². The molecule has 1 atom stereocenters. The van der Waals surface area contributed by atoms with Crippen LogP contribution in [0, 0.1) is 0 Å². The van der Waals surface area contributed by atoms with Crippen molar-refractivity contribution in [1.82, 2.24) is 10.2 Å². The Morgan fingerprint density at radius 3 is 2.35 bits per heavy atom. The summed E-state index contributed by atoms with van der Waals surface area (Å²) in [7, 11) is 0. The molecule has 2 amide bonds. The highest BCUT2D eigenvalue weighted by Crippen LogP contribution is 2.39. The lowest BCUT2D eigenvalue weighted by Gasteiger charge is -2.24. The second kappa shape index (κ2) is 10.6. The van der Waals surface area contributed by atoms with E-state index >= 15 is 0 Å². The van der Waals surface area contributed by atoms with Crippen molar-refractivity contribution in [2.24, 2.45) is 0 Å². The highest BCUT2D eigenvalue weighted by molar-refractivity contribution is 8.00. The average Bonchev–Trinajstić information content (AvgIpc) is 3.18. The topological polar surface area (TPSA) is 49.4 Å². The SMILES string of the molecule is O=C(NCCSc1ccccc1)c1ccc([C@@H]2SCC(=O)N2Cc2ccccc2)cc1. The van der Waals surface area contributed by atoms with Crippen molar-refractivity contribution in [3.05, 3.63) is 102 Å². The van der Waals surface area contributed by atoms with Gasteiger partial charge in [0.2, 0.25) is 5.91 Å². The quantitative estimate of drug-likeness (QED) is 0.390. The van der Waals surface area contributed by atoms with Crippen molar-refractivity contribution in [3.63, 3.8) is 0 Å². The van der Waals surface area contributed by atoms with E-state index < -0.39 is 0 Å². The van der Waals surface area contributed by atoms with Crippen LogP contribution < -0.4 is 5.32 Å². The van der Waals surface area contributed by atoms with Crippen molar-refractivity contribution in [1.29, 1.82) is 0 Å². The van der Waals surface area contributed by atoms with Crippen molar-refractivity contribution >= 4 is 35.3 Å². The third-order valence-electron chi connectivity index (χ3n) is 5.02. The van der Waals surface area contributed by atoms with E-state index in [0.29, 0.717) is 24.4 Å². The van der Waals surface area contributed by atoms with Crippen LogP contribution in [0.4, 0.5) is 0 Å². The Morgan fingerprint density at radius 1 is 0.968 bits per heavy atom. The summed E-state index contributed by atoms with van der Waals surface area (Å²) in [6.07, 6.45) is 0. The van der Waals surface area contributed by atoms with Crippen molar-refractivity contribution in [2.45, 2.75) is 16.8 Å². The molecule has 0 spiro atoms. The number of benzene rings is 3. The molecular formula is C25H24N2O2S2. The van der Waals surface area contributed by atoms with Crippen molar-refractivity contribution < 1.29 is 9.59 Å². The highest BCUT2D eigenvalue weighted by atomic mass is 32.2. The summed E-state index contributed by atoms with van der Waals surface area (Å²) in [5.74, 6) is 1.38. The molecule has 4 rings (SSSR count). The van der Waals surface area contributed by atoms with Gasteiger partial charge in [0.15, 0.2) is 0 Å². The van der Waals surface area contributed by atoms with E-state index in [-0.39, 0.29) is 17.2 Å². The van der Waals surface area contributed by atoms with Gasteiger partial charge >= 0.3 is 0 Å². The zero-order valence-electron chi connectivity index (χ0n) is 17.1. The predicted molar refractivity (Wildman–Crippen MR) is 128 cm³/mol. The molecule has 1 N–H and O–H groups in total. The van der Waals surface area contributed by atoms with Gasteiger partial charge in [0.05, 0.1) is 5.75 Å². The normalized spacial score (nSPS) is 15.8. The van der Waals surface area contributed by atoms with Gasteiger partial charge in [-0.25, -0.2) is 0 Å². The van der Waals surface area contributed by atoms with Gasteiger partial charge < -0.3 is 10.2 Å². The van der Waals surface area contributed by atoms with Crippen LogP contribution in [-0.4, -0.2) is 34.8 Å². The van der Waals surface area contributed by atoms with Gasteiger partial charge in [0, 0.05) is 29.3 Å². The molecular weight excluding hydrogens is 424 g/mol. The zero-order valence-corrected chi connectivity index (χ0v) is 18.7. The lowest BCUT2D eigenvalue weighted by atomic mass is 10.1. The first-order valence-electron chi connectivity index (χ1n) is 10.2. The molecule has 1 saturated heterocycles. The van der Waals surface area contributed by atoms with Crippen molar-refractivity contribution in [3.8, 4) is 0 Å². The minimum absolute atomic E-state index is 0.0212. The number of nitrogens with zero attached hydrogens (tertiary/aromatic N) is 1. The molecule has 1 aliphatic heterocycles. The van der Waals surface area contributed by atoms with Crippen LogP contribution in [0.2, 0.25) is 0 Å².